The maximum absolute atomic E-state index is 6.25. The number of aromatic amines is 1. The van der Waals surface area contributed by atoms with Crippen LogP contribution < -0.4 is 14.9 Å². The Morgan fingerprint density at radius 1 is 1.17 bits per heavy atom. The molecule has 6 nitrogen and oxygen atoms in total. The highest BCUT2D eigenvalue weighted by Crippen LogP contribution is 2.35. The number of halogens is 3. The Hall–Kier alpha value is -1.74. The van der Waals surface area contributed by atoms with Crippen LogP contribution in [0.4, 0.5) is 0 Å². The van der Waals surface area contributed by atoms with Crippen molar-refractivity contribution in [2.75, 3.05) is 12.0 Å². The quantitative estimate of drug-likeness (QED) is 0.317. The first kappa shape index (κ1) is 22.9. The molecule has 0 bridgehead atoms. The molecule has 1 heterocycles. The van der Waals surface area contributed by atoms with Crippen LogP contribution in [0.5, 0.6) is 11.5 Å². The van der Waals surface area contributed by atoms with Crippen molar-refractivity contribution in [3.05, 3.63) is 66.6 Å². The van der Waals surface area contributed by atoms with Crippen molar-refractivity contribution in [1.82, 2.24) is 14.9 Å². The molecule has 0 saturated heterocycles. The van der Waals surface area contributed by atoms with E-state index in [2.05, 4.69) is 31.6 Å². The molecule has 30 heavy (non-hydrogen) atoms. The molecule has 0 aliphatic rings. The topological polar surface area (TPSA) is 64.1 Å². The fourth-order valence-corrected chi connectivity index (χ4v) is 3.99. The largest absolute Gasteiger partial charge is 0.490 e. The van der Waals surface area contributed by atoms with E-state index in [1.807, 2.05) is 26.0 Å². The molecule has 3 rings (SSSR count). The van der Waals surface area contributed by atoms with Crippen LogP contribution in [-0.2, 0) is 19.6 Å². The van der Waals surface area contributed by atoms with Gasteiger partial charge in [-0.15, -0.1) is 0 Å². The van der Waals surface area contributed by atoms with Gasteiger partial charge in [-0.1, -0.05) is 52.1 Å². The molecule has 0 saturated carbocycles. The highest BCUT2D eigenvalue weighted by atomic mass is 79.9. The maximum atomic E-state index is 6.25. The SMILES string of the molecule is CCOc1cc(CNn2c(CC)n[nH]c2=S)c(Br)cc1OCc1c(Cl)cccc1Cl. The zero-order chi connectivity index (χ0) is 21.7. The first-order valence-corrected chi connectivity index (χ1v) is 11.3. The third-order valence-corrected chi connectivity index (χ3v) is 6.05. The molecule has 2 aromatic carbocycles. The van der Waals surface area contributed by atoms with Crippen LogP contribution in [0.3, 0.4) is 0 Å². The van der Waals surface area contributed by atoms with Crippen molar-refractivity contribution in [2.24, 2.45) is 0 Å². The van der Waals surface area contributed by atoms with E-state index in [9.17, 15) is 0 Å². The number of aromatic nitrogens is 3. The molecule has 0 amide bonds. The molecular formula is C20H21BrCl2N4O2S. The number of rotatable bonds is 9. The number of ether oxygens (including phenoxy) is 2. The van der Waals surface area contributed by atoms with Crippen LogP contribution >= 0.6 is 51.3 Å². The average molecular weight is 532 g/mol. The monoisotopic (exact) mass is 530 g/mol. The zero-order valence-electron chi connectivity index (χ0n) is 16.5. The molecule has 2 N–H and O–H groups in total. The van der Waals surface area contributed by atoms with Crippen molar-refractivity contribution in [1.29, 1.82) is 0 Å². The van der Waals surface area contributed by atoms with Gasteiger partial charge >= 0.3 is 0 Å². The summed E-state index contributed by atoms with van der Waals surface area (Å²) < 4.78 is 15.0. The van der Waals surface area contributed by atoms with Gasteiger partial charge in [0.05, 0.1) is 13.2 Å². The van der Waals surface area contributed by atoms with Crippen LogP contribution in [0.2, 0.25) is 10.0 Å². The molecular weight excluding hydrogens is 511 g/mol. The average Bonchev–Trinajstić information content (AvgIpc) is 3.08. The summed E-state index contributed by atoms with van der Waals surface area (Å²) in [5, 5.41) is 8.12. The molecule has 0 spiro atoms. The summed E-state index contributed by atoms with van der Waals surface area (Å²) in [6, 6.07) is 9.17. The summed E-state index contributed by atoms with van der Waals surface area (Å²) in [6.45, 7) is 5.19. The summed E-state index contributed by atoms with van der Waals surface area (Å²) in [5.74, 6) is 2.06. The number of benzene rings is 2. The Bertz CT molecular complexity index is 1070. The first-order valence-electron chi connectivity index (χ1n) is 9.35. The van der Waals surface area contributed by atoms with Crippen LogP contribution in [0, 0.1) is 4.77 Å². The molecule has 160 valence electrons. The summed E-state index contributed by atoms with van der Waals surface area (Å²) in [6.07, 6.45) is 0.753. The zero-order valence-corrected chi connectivity index (χ0v) is 20.4. The van der Waals surface area contributed by atoms with Gasteiger partial charge < -0.3 is 14.9 Å². The van der Waals surface area contributed by atoms with Gasteiger partial charge in [-0.25, -0.2) is 4.68 Å². The van der Waals surface area contributed by atoms with Crippen molar-refractivity contribution < 1.29 is 9.47 Å². The van der Waals surface area contributed by atoms with Gasteiger partial charge in [0.15, 0.2) is 17.3 Å². The standard InChI is InChI=1S/C20H21BrCl2N4O2S/c1-3-19-25-26-20(30)27(19)24-10-12-8-17(28-4-2)18(9-14(12)21)29-11-13-15(22)6-5-7-16(13)23/h5-9,24H,3-4,10-11H2,1-2H3,(H,26,30). The number of hydrogen-bond donors (Lipinski definition) is 2. The lowest BCUT2D eigenvalue weighted by Gasteiger charge is -2.17. The van der Waals surface area contributed by atoms with Gasteiger partial charge in [0.1, 0.15) is 6.61 Å². The second-order valence-electron chi connectivity index (χ2n) is 6.28. The Morgan fingerprint density at radius 3 is 2.53 bits per heavy atom. The molecule has 10 heteroatoms. The van der Waals surface area contributed by atoms with Crippen LogP contribution in [-0.4, -0.2) is 21.5 Å². The summed E-state index contributed by atoms with van der Waals surface area (Å²) in [4.78, 5) is 0. The van der Waals surface area contributed by atoms with Gasteiger partial charge in [0.2, 0.25) is 4.77 Å². The molecule has 0 aliphatic carbocycles. The van der Waals surface area contributed by atoms with Crippen LogP contribution in [0.15, 0.2) is 34.8 Å². The lowest BCUT2D eigenvalue weighted by molar-refractivity contribution is 0.269. The molecule has 3 aromatic rings. The fourth-order valence-electron chi connectivity index (χ4n) is 2.81. The number of nitrogens with zero attached hydrogens (tertiary/aromatic N) is 2. The van der Waals surface area contributed by atoms with E-state index in [1.165, 1.54) is 0 Å². The molecule has 1 aromatic heterocycles. The molecule has 0 aliphatic heterocycles. The molecule has 0 unspecified atom stereocenters. The van der Waals surface area contributed by atoms with E-state index in [1.54, 1.807) is 22.9 Å². The van der Waals surface area contributed by atoms with E-state index in [0.717, 1.165) is 27.8 Å². The van der Waals surface area contributed by atoms with Crippen molar-refractivity contribution in [3.8, 4) is 11.5 Å². The summed E-state index contributed by atoms with van der Waals surface area (Å²) >= 11 is 21.4. The minimum atomic E-state index is 0.229. The Morgan fingerprint density at radius 2 is 1.87 bits per heavy atom. The minimum absolute atomic E-state index is 0.229. The van der Waals surface area contributed by atoms with Gasteiger partial charge in [-0.05, 0) is 49.0 Å². The second-order valence-corrected chi connectivity index (χ2v) is 8.34. The van der Waals surface area contributed by atoms with Crippen LogP contribution in [0.25, 0.3) is 0 Å². The van der Waals surface area contributed by atoms with Crippen molar-refractivity contribution in [2.45, 2.75) is 33.4 Å². The van der Waals surface area contributed by atoms with Gasteiger partial charge in [0.25, 0.3) is 0 Å². The third kappa shape index (κ3) is 5.29. The van der Waals surface area contributed by atoms with E-state index in [4.69, 9.17) is 44.9 Å². The smallest absolute Gasteiger partial charge is 0.214 e. The first-order chi connectivity index (χ1) is 14.4. The lowest BCUT2D eigenvalue weighted by Crippen LogP contribution is -2.17. The van der Waals surface area contributed by atoms with E-state index >= 15 is 0 Å². The van der Waals surface area contributed by atoms with E-state index in [-0.39, 0.29) is 6.61 Å². The Labute approximate surface area is 198 Å². The molecule has 0 atom stereocenters. The number of hydrogen-bond acceptors (Lipinski definition) is 5. The number of nitrogens with one attached hydrogen (secondary N) is 2. The predicted octanol–water partition coefficient (Wildman–Crippen LogP) is 6.29. The van der Waals surface area contributed by atoms with E-state index < -0.39 is 0 Å². The van der Waals surface area contributed by atoms with Crippen LogP contribution in [0.1, 0.15) is 30.8 Å². The third-order valence-electron chi connectivity index (χ3n) is 4.33. The van der Waals surface area contributed by atoms with Crippen molar-refractivity contribution in [3.63, 3.8) is 0 Å². The summed E-state index contributed by atoms with van der Waals surface area (Å²) in [7, 11) is 0. The van der Waals surface area contributed by atoms with Crippen molar-refractivity contribution >= 4 is 51.3 Å². The fraction of sp³-hybridized carbons (Fsp3) is 0.300. The highest BCUT2D eigenvalue weighted by molar-refractivity contribution is 9.10. The maximum Gasteiger partial charge on any atom is 0.214 e. The number of H-pyrrole nitrogens is 1. The predicted molar refractivity (Wildman–Crippen MR) is 126 cm³/mol. The summed E-state index contributed by atoms with van der Waals surface area (Å²) in [5.41, 5.74) is 5.00. The van der Waals surface area contributed by atoms with E-state index in [0.29, 0.717) is 39.5 Å². The van der Waals surface area contributed by atoms with Gasteiger partial charge in [-0.2, -0.15) is 5.10 Å². The number of aryl methyl sites for hydroxylation is 1. The Kier molecular flexibility index (Phi) is 8.05. The Balaban J connectivity index is 1.81. The minimum Gasteiger partial charge on any atom is -0.490 e. The molecule has 0 radical (unpaired) electrons. The highest BCUT2D eigenvalue weighted by Gasteiger charge is 2.14. The van der Waals surface area contributed by atoms with Gasteiger partial charge in [-0.3, -0.25) is 5.10 Å². The molecule has 0 fully saturated rings. The van der Waals surface area contributed by atoms with Gasteiger partial charge in [0, 0.05) is 26.5 Å². The lowest BCUT2D eigenvalue weighted by atomic mass is 10.2. The normalized spacial score (nSPS) is 10.8. The second kappa shape index (κ2) is 10.5.